The van der Waals surface area contributed by atoms with E-state index in [-0.39, 0.29) is 6.10 Å². The summed E-state index contributed by atoms with van der Waals surface area (Å²) in [6.45, 7) is 4.38. The quantitative estimate of drug-likeness (QED) is 0.608. The van der Waals surface area contributed by atoms with Gasteiger partial charge in [0.1, 0.15) is 5.75 Å². The maximum atomic E-state index is 9.61. The number of aliphatic hydroxyl groups is 1. The summed E-state index contributed by atoms with van der Waals surface area (Å²) in [5, 5.41) is 9.61. The lowest BCUT2D eigenvalue weighted by molar-refractivity contribution is 0.173. The van der Waals surface area contributed by atoms with Crippen molar-refractivity contribution in [3.63, 3.8) is 0 Å². The Morgan fingerprint density at radius 3 is 2.56 bits per heavy atom. The summed E-state index contributed by atoms with van der Waals surface area (Å²) in [4.78, 5) is 0. The molecule has 16 heavy (non-hydrogen) atoms. The van der Waals surface area contributed by atoms with E-state index in [1.165, 1.54) is 0 Å². The minimum atomic E-state index is -0.375. The minimum Gasteiger partial charge on any atom is -0.493 e. The minimum absolute atomic E-state index is 0.375. The van der Waals surface area contributed by atoms with E-state index in [4.69, 9.17) is 4.74 Å². The maximum absolute atomic E-state index is 9.61. The third kappa shape index (κ3) is 3.96. The molecule has 1 N–H and O–H groups in total. The van der Waals surface area contributed by atoms with Crippen molar-refractivity contribution >= 4 is 0 Å². The molecule has 0 aromatic heterocycles. The Labute approximate surface area is 97.3 Å². The zero-order valence-electron chi connectivity index (χ0n) is 9.86. The number of ether oxygens (including phenoxy) is 1. The molecule has 0 saturated carbocycles. The molecule has 1 aromatic rings. The first-order valence-electron chi connectivity index (χ1n) is 5.58. The Kier molecular flexibility index (Phi) is 5.45. The van der Waals surface area contributed by atoms with Crippen LogP contribution in [0.25, 0.3) is 0 Å². The summed E-state index contributed by atoms with van der Waals surface area (Å²) < 4.78 is 5.49. The molecule has 1 atom stereocenters. The number of benzene rings is 1. The van der Waals surface area contributed by atoms with Crippen molar-refractivity contribution in [2.24, 2.45) is 0 Å². The molecule has 0 aliphatic heterocycles. The van der Waals surface area contributed by atoms with Crippen LogP contribution in [-0.2, 0) is 0 Å². The Morgan fingerprint density at radius 1 is 1.31 bits per heavy atom. The fourth-order valence-corrected chi connectivity index (χ4v) is 1.37. The SMILES string of the molecule is CC#CCCOc1ccc([C@@H](O)CC)cc1. The molecule has 0 radical (unpaired) electrons. The van der Waals surface area contributed by atoms with Gasteiger partial charge in [-0.1, -0.05) is 19.1 Å². The van der Waals surface area contributed by atoms with Crippen LogP contribution in [0.3, 0.4) is 0 Å². The second-order valence-electron chi connectivity index (χ2n) is 3.52. The highest BCUT2D eigenvalue weighted by Gasteiger charge is 2.03. The van der Waals surface area contributed by atoms with Crippen LogP contribution in [0.2, 0.25) is 0 Å². The lowest BCUT2D eigenvalue weighted by atomic mass is 10.1. The molecule has 0 bridgehead atoms. The Morgan fingerprint density at radius 2 is 2.00 bits per heavy atom. The van der Waals surface area contributed by atoms with Crippen LogP contribution in [0.5, 0.6) is 5.75 Å². The first-order chi connectivity index (χ1) is 7.77. The van der Waals surface area contributed by atoms with Crippen molar-refractivity contribution in [2.45, 2.75) is 32.8 Å². The number of aliphatic hydroxyl groups excluding tert-OH is 1. The van der Waals surface area contributed by atoms with Gasteiger partial charge in [-0.05, 0) is 31.0 Å². The van der Waals surface area contributed by atoms with Gasteiger partial charge in [-0.3, -0.25) is 0 Å². The summed E-state index contributed by atoms with van der Waals surface area (Å²) in [6, 6.07) is 7.56. The van der Waals surface area contributed by atoms with Crippen LogP contribution < -0.4 is 4.74 Å². The van der Waals surface area contributed by atoms with Crippen LogP contribution in [0.1, 0.15) is 38.4 Å². The van der Waals surface area contributed by atoms with Crippen LogP contribution in [0.15, 0.2) is 24.3 Å². The Bertz CT molecular complexity index is 357. The molecule has 0 heterocycles. The zero-order valence-corrected chi connectivity index (χ0v) is 9.86. The summed E-state index contributed by atoms with van der Waals surface area (Å²) in [5.74, 6) is 6.59. The summed E-state index contributed by atoms with van der Waals surface area (Å²) in [6.07, 6.45) is 1.10. The Hall–Kier alpha value is -1.46. The van der Waals surface area contributed by atoms with Gasteiger partial charge >= 0.3 is 0 Å². The molecular weight excluding hydrogens is 200 g/mol. The molecule has 1 rings (SSSR count). The van der Waals surface area contributed by atoms with E-state index in [0.717, 1.165) is 24.2 Å². The lowest BCUT2D eigenvalue weighted by Crippen LogP contribution is -1.98. The van der Waals surface area contributed by atoms with Crippen LogP contribution in [-0.4, -0.2) is 11.7 Å². The second-order valence-corrected chi connectivity index (χ2v) is 3.52. The standard InChI is InChI=1S/C14H18O2/c1-3-5-6-11-16-13-9-7-12(8-10-13)14(15)4-2/h7-10,14-15H,4,6,11H2,1-2H3/t14-/m0/s1. The molecule has 0 unspecified atom stereocenters. The first-order valence-corrected chi connectivity index (χ1v) is 5.58. The topological polar surface area (TPSA) is 29.5 Å². The van der Waals surface area contributed by atoms with Crippen molar-refractivity contribution < 1.29 is 9.84 Å². The van der Waals surface area contributed by atoms with Gasteiger partial charge in [-0.2, -0.15) is 0 Å². The van der Waals surface area contributed by atoms with E-state index >= 15 is 0 Å². The summed E-state index contributed by atoms with van der Waals surface area (Å²) in [7, 11) is 0. The van der Waals surface area contributed by atoms with Gasteiger partial charge in [-0.25, -0.2) is 0 Å². The molecule has 0 spiro atoms. The molecule has 1 aromatic carbocycles. The highest BCUT2D eigenvalue weighted by Crippen LogP contribution is 2.19. The van der Waals surface area contributed by atoms with Crippen molar-refractivity contribution in [3.05, 3.63) is 29.8 Å². The molecule has 0 aliphatic carbocycles. The Balaban J connectivity index is 2.47. The summed E-state index contributed by atoms with van der Waals surface area (Å²) >= 11 is 0. The molecule has 0 saturated heterocycles. The van der Waals surface area contributed by atoms with E-state index in [9.17, 15) is 5.11 Å². The zero-order chi connectivity index (χ0) is 11.8. The number of hydrogen-bond donors (Lipinski definition) is 1. The summed E-state index contributed by atoms with van der Waals surface area (Å²) in [5.41, 5.74) is 0.934. The number of hydrogen-bond acceptors (Lipinski definition) is 2. The van der Waals surface area contributed by atoms with Crippen molar-refractivity contribution in [2.75, 3.05) is 6.61 Å². The van der Waals surface area contributed by atoms with Gasteiger partial charge in [0.05, 0.1) is 12.7 Å². The van der Waals surface area contributed by atoms with Gasteiger partial charge in [0.25, 0.3) is 0 Å². The van der Waals surface area contributed by atoms with Crippen LogP contribution >= 0.6 is 0 Å². The van der Waals surface area contributed by atoms with E-state index in [1.807, 2.05) is 38.1 Å². The van der Waals surface area contributed by atoms with Gasteiger partial charge < -0.3 is 9.84 Å². The molecule has 0 amide bonds. The normalized spacial score (nSPS) is 11.4. The average Bonchev–Trinajstić information content (AvgIpc) is 2.34. The third-order valence-corrected chi connectivity index (χ3v) is 2.32. The van der Waals surface area contributed by atoms with E-state index in [2.05, 4.69) is 11.8 Å². The van der Waals surface area contributed by atoms with Crippen LogP contribution in [0.4, 0.5) is 0 Å². The monoisotopic (exact) mass is 218 g/mol. The molecule has 2 heteroatoms. The fraction of sp³-hybridized carbons (Fsp3) is 0.429. The van der Waals surface area contributed by atoms with Crippen molar-refractivity contribution in [1.82, 2.24) is 0 Å². The van der Waals surface area contributed by atoms with Gasteiger partial charge in [0.2, 0.25) is 0 Å². The van der Waals surface area contributed by atoms with E-state index < -0.39 is 0 Å². The van der Waals surface area contributed by atoms with Crippen LogP contribution in [0, 0.1) is 11.8 Å². The van der Waals surface area contributed by atoms with Gasteiger partial charge in [0, 0.05) is 6.42 Å². The van der Waals surface area contributed by atoms with Gasteiger partial charge in [0.15, 0.2) is 0 Å². The average molecular weight is 218 g/mol. The molecular formula is C14H18O2. The predicted octanol–water partition coefficient (Wildman–Crippen LogP) is 2.92. The maximum Gasteiger partial charge on any atom is 0.119 e. The van der Waals surface area contributed by atoms with Crippen molar-refractivity contribution in [3.8, 4) is 17.6 Å². The highest BCUT2D eigenvalue weighted by atomic mass is 16.5. The van der Waals surface area contributed by atoms with Gasteiger partial charge in [-0.15, -0.1) is 11.8 Å². The molecule has 0 aliphatic rings. The van der Waals surface area contributed by atoms with E-state index in [1.54, 1.807) is 0 Å². The predicted molar refractivity (Wildman–Crippen MR) is 65.3 cm³/mol. The first kappa shape index (κ1) is 12.6. The number of rotatable bonds is 5. The van der Waals surface area contributed by atoms with E-state index in [0.29, 0.717) is 6.61 Å². The highest BCUT2D eigenvalue weighted by molar-refractivity contribution is 5.28. The smallest absolute Gasteiger partial charge is 0.119 e. The third-order valence-electron chi connectivity index (χ3n) is 2.32. The lowest BCUT2D eigenvalue weighted by Gasteiger charge is -2.09. The van der Waals surface area contributed by atoms with Crippen molar-refractivity contribution in [1.29, 1.82) is 0 Å². The molecule has 2 nitrogen and oxygen atoms in total. The molecule has 0 fully saturated rings. The molecule has 86 valence electrons. The second kappa shape index (κ2) is 6.92. The fourth-order valence-electron chi connectivity index (χ4n) is 1.37. The largest absolute Gasteiger partial charge is 0.493 e.